The van der Waals surface area contributed by atoms with Gasteiger partial charge in [-0.05, 0) is 49.2 Å². The van der Waals surface area contributed by atoms with Crippen LogP contribution in [0.5, 0.6) is 0 Å². The fourth-order valence-electron chi connectivity index (χ4n) is 2.29. The molecule has 0 radical (unpaired) electrons. The van der Waals surface area contributed by atoms with E-state index in [1.54, 1.807) is 10.6 Å². The summed E-state index contributed by atoms with van der Waals surface area (Å²) in [5, 5.41) is 10.0. The van der Waals surface area contributed by atoms with Gasteiger partial charge in [-0.3, -0.25) is 0 Å². The Morgan fingerprint density at radius 1 is 1.36 bits per heavy atom. The molecule has 2 rings (SSSR count). The van der Waals surface area contributed by atoms with Crippen LogP contribution in [-0.4, -0.2) is 24.6 Å². The van der Waals surface area contributed by atoms with Crippen LogP contribution in [0.4, 0.5) is 4.39 Å². The third-order valence-electron chi connectivity index (χ3n) is 3.46. The average Bonchev–Trinajstić information content (AvgIpc) is 2.84. The standard InChI is InChI=1S/C15H19FN2O3S/c1-11-10-12(16)5-6-15(11)22(20,21)17-8-7-14(19)13-4-3-9-18(13)2/h3-6,9-10,14,17,19H,7-8H2,1-2H3/t14-/m1/s1. The first-order valence-electron chi connectivity index (χ1n) is 6.86. The van der Waals surface area contributed by atoms with Crippen LogP contribution in [0.2, 0.25) is 0 Å². The monoisotopic (exact) mass is 326 g/mol. The Morgan fingerprint density at radius 3 is 2.68 bits per heavy atom. The fraction of sp³-hybridized carbons (Fsp3) is 0.333. The molecule has 0 aliphatic rings. The van der Waals surface area contributed by atoms with Crippen LogP contribution in [0.25, 0.3) is 0 Å². The number of aromatic nitrogens is 1. The molecule has 2 aromatic rings. The lowest BCUT2D eigenvalue weighted by Crippen LogP contribution is -2.26. The van der Waals surface area contributed by atoms with Gasteiger partial charge in [0.15, 0.2) is 0 Å². The summed E-state index contributed by atoms with van der Waals surface area (Å²) in [7, 11) is -1.91. The van der Waals surface area contributed by atoms with Crippen molar-refractivity contribution in [1.82, 2.24) is 9.29 Å². The van der Waals surface area contributed by atoms with Crippen molar-refractivity contribution in [1.29, 1.82) is 0 Å². The second kappa shape index (κ2) is 6.60. The number of nitrogens with zero attached hydrogens (tertiary/aromatic N) is 1. The van der Waals surface area contributed by atoms with E-state index in [-0.39, 0.29) is 17.9 Å². The van der Waals surface area contributed by atoms with Crippen molar-refractivity contribution in [2.24, 2.45) is 7.05 Å². The van der Waals surface area contributed by atoms with Gasteiger partial charge in [-0.1, -0.05) is 0 Å². The Kier molecular flexibility index (Phi) is 5.00. The number of hydrogen-bond acceptors (Lipinski definition) is 3. The molecule has 0 fully saturated rings. The molecule has 0 aliphatic heterocycles. The zero-order valence-corrected chi connectivity index (χ0v) is 13.3. The first-order valence-corrected chi connectivity index (χ1v) is 8.34. The Balaban J connectivity index is 2.00. The SMILES string of the molecule is Cc1cc(F)ccc1S(=O)(=O)NCC[C@@H](O)c1cccn1C. The van der Waals surface area contributed by atoms with Crippen molar-refractivity contribution < 1.29 is 17.9 Å². The van der Waals surface area contributed by atoms with Gasteiger partial charge in [-0.2, -0.15) is 0 Å². The molecule has 5 nitrogen and oxygen atoms in total. The molecule has 0 saturated carbocycles. The third-order valence-corrected chi connectivity index (χ3v) is 5.08. The first-order chi connectivity index (χ1) is 10.3. The van der Waals surface area contributed by atoms with Gasteiger partial charge in [0.25, 0.3) is 0 Å². The Labute approximate surface area is 129 Å². The summed E-state index contributed by atoms with van der Waals surface area (Å²) in [6.45, 7) is 1.63. The van der Waals surface area contributed by atoms with Gasteiger partial charge >= 0.3 is 0 Å². The maximum absolute atomic E-state index is 13.0. The summed E-state index contributed by atoms with van der Waals surface area (Å²) in [5.74, 6) is -0.476. The van der Waals surface area contributed by atoms with E-state index in [1.807, 2.05) is 19.3 Å². The number of aryl methyl sites for hydroxylation is 2. The highest BCUT2D eigenvalue weighted by Crippen LogP contribution is 2.18. The van der Waals surface area contributed by atoms with Gasteiger partial charge in [-0.15, -0.1) is 0 Å². The van der Waals surface area contributed by atoms with E-state index in [0.29, 0.717) is 5.56 Å². The number of halogens is 1. The van der Waals surface area contributed by atoms with E-state index in [0.717, 1.165) is 11.8 Å². The van der Waals surface area contributed by atoms with Crippen molar-refractivity contribution in [3.63, 3.8) is 0 Å². The Morgan fingerprint density at radius 2 is 2.09 bits per heavy atom. The summed E-state index contributed by atoms with van der Waals surface area (Å²) in [6.07, 6.45) is 1.30. The molecule has 7 heteroatoms. The number of aliphatic hydroxyl groups excluding tert-OH is 1. The van der Waals surface area contributed by atoms with E-state index in [4.69, 9.17) is 0 Å². The molecule has 1 aromatic heterocycles. The van der Waals surface area contributed by atoms with E-state index >= 15 is 0 Å². The Hall–Kier alpha value is -1.70. The second-order valence-electron chi connectivity index (χ2n) is 5.16. The first kappa shape index (κ1) is 16.7. The molecule has 120 valence electrons. The molecular formula is C15H19FN2O3S. The summed E-state index contributed by atoms with van der Waals surface area (Å²) < 4.78 is 41.6. The number of nitrogens with one attached hydrogen (secondary N) is 1. The van der Waals surface area contributed by atoms with Crippen LogP contribution in [-0.2, 0) is 17.1 Å². The van der Waals surface area contributed by atoms with Crippen LogP contribution in [0.1, 0.15) is 23.8 Å². The lowest BCUT2D eigenvalue weighted by Gasteiger charge is -2.13. The minimum absolute atomic E-state index is 0.0438. The molecule has 0 unspecified atom stereocenters. The number of benzene rings is 1. The number of rotatable bonds is 6. The summed E-state index contributed by atoms with van der Waals surface area (Å²) in [4.78, 5) is 0.0438. The molecule has 2 N–H and O–H groups in total. The van der Waals surface area contributed by atoms with Crippen LogP contribution < -0.4 is 4.72 Å². The predicted molar refractivity (Wildman–Crippen MR) is 81.3 cm³/mol. The van der Waals surface area contributed by atoms with Crippen molar-refractivity contribution in [3.05, 3.63) is 53.6 Å². The van der Waals surface area contributed by atoms with E-state index in [1.165, 1.54) is 19.1 Å². The van der Waals surface area contributed by atoms with E-state index < -0.39 is 21.9 Å². The maximum Gasteiger partial charge on any atom is 0.240 e. The van der Waals surface area contributed by atoms with E-state index in [2.05, 4.69) is 4.72 Å². The topological polar surface area (TPSA) is 71.3 Å². The molecule has 0 spiro atoms. The highest BCUT2D eigenvalue weighted by Gasteiger charge is 2.18. The molecule has 0 aliphatic carbocycles. The predicted octanol–water partition coefficient (Wildman–Crippen LogP) is 1.87. The smallest absolute Gasteiger partial charge is 0.240 e. The minimum Gasteiger partial charge on any atom is -0.387 e. The molecule has 0 saturated heterocycles. The quantitative estimate of drug-likeness (QED) is 0.851. The van der Waals surface area contributed by atoms with Crippen molar-refractivity contribution in [2.75, 3.05) is 6.54 Å². The second-order valence-corrected chi connectivity index (χ2v) is 6.89. The van der Waals surface area contributed by atoms with Crippen LogP contribution in [0.3, 0.4) is 0 Å². The van der Waals surface area contributed by atoms with Crippen LogP contribution in [0.15, 0.2) is 41.4 Å². The van der Waals surface area contributed by atoms with Gasteiger partial charge in [0.1, 0.15) is 5.82 Å². The zero-order chi connectivity index (χ0) is 16.3. The van der Waals surface area contributed by atoms with Gasteiger partial charge in [0, 0.05) is 25.5 Å². The highest BCUT2D eigenvalue weighted by atomic mass is 32.2. The van der Waals surface area contributed by atoms with Crippen LogP contribution in [0, 0.1) is 12.7 Å². The number of sulfonamides is 1. The molecular weight excluding hydrogens is 307 g/mol. The minimum atomic E-state index is -3.72. The highest BCUT2D eigenvalue weighted by molar-refractivity contribution is 7.89. The third kappa shape index (κ3) is 3.73. The fourth-order valence-corrected chi connectivity index (χ4v) is 3.56. The van der Waals surface area contributed by atoms with Crippen molar-refractivity contribution in [3.8, 4) is 0 Å². The number of aliphatic hydroxyl groups is 1. The molecule has 0 amide bonds. The molecule has 1 atom stereocenters. The van der Waals surface area contributed by atoms with Gasteiger partial charge in [0.05, 0.1) is 11.0 Å². The van der Waals surface area contributed by atoms with E-state index in [9.17, 15) is 17.9 Å². The van der Waals surface area contributed by atoms with Crippen molar-refractivity contribution >= 4 is 10.0 Å². The average molecular weight is 326 g/mol. The largest absolute Gasteiger partial charge is 0.387 e. The van der Waals surface area contributed by atoms with Crippen molar-refractivity contribution in [2.45, 2.75) is 24.3 Å². The van der Waals surface area contributed by atoms with Gasteiger partial charge < -0.3 is 9.67 Å². The van der Waals surface area contributed by atoms with Crippen LogP contribution >= 0.6 is 0 Å². The van der Waals surface area contributed by atoms with Gasteiger partial charge in [-0.25, -0.2) is 17.5 Å². The zero-order valence-electron chi connectivity index (χ0n) is 12.5. The summed E-state index contributed by atoms with van der Waals surface area (Å²) in [6, 6.07) is 7.11. The summed E-state index contributed by atoms with van der Waals surface area (Å²) in [5.41, 5.74) is 1.06. The summed E-state index contributed by atoms with van der Waals surface area (Å²) >= 11 is 0. The van der Waals surface area contributed by atoms with Gasteiger partial charge in [0.2, 0.25) is 10.0 Å². The lowest BCUT2D eigenvalue weighted by molar-refractivity contribution is 0.161. The number of hydrogen-bond donors (Lipinski definition) is 2. The molecule has 1 aromatic carbocycles. The molecule has 0 bridgehead atoms. The maximum atomic E-state index is 13.0. The normalized spacial score (nSPS) is 13.3. The Bertz CT molecular complexity index is 756. The molecule has 22 heavy (non-hydrogen) atoms. The lowest BCUT2D eigenvalue weighted by atomic mass is 10.2. The molecule has 1 heterocycles.